The Morgan fingerprint density at radius 3 is 2.38 bits per heavy atom. The molecule has 1 fully saturated rings. The van der Waals surface area contributed by atoms with Crippen molar-refractivity contribution in [3.8, 4) is 10.4 Å². The summed E-state index contributed by atoms with van der Waals surface area (Å²) in [5.41, 5.74) is 1.52. The average molecular weight is 649 g/mol. The number of carbonyl (C=O) groups excluding carboxylic acids is 2. The highest BCUT2D eigenvalue weighted by Crippen LogP contribution is 2.36. The second kappa shape index (κ2) is 13.3. The fourth-order valence-electron chi connectivity index (χ4n) is 4.67. The van der Waals surface area contributed by atoms with E-state index < -0.39 is 27.6 Å². The van der Waals surface area contributed by atoms with Gasteiger partial charge in [-0.25, -0.2) is 13.8 Å². The minimum atomic E-state index is -3.86. The van der Waals surface area contributed by atoms with E-state index in [9.17, 15) is 18.0 Å². The minimum Gasteiger partial charge on any atom is -0.444 e. The molecular weight excluding hydrogens is 613 g/mol. The fourth-order valence-corrected chi connectivity index (χ4v) is 7.30. The zero-order valence-electron chi connectivity index (χ0n) is 25.6. The number of amides is 2. The Morgan fingerprint density at radius 1 is 0.956 bits per heavy atom. The van der Waals surface area contributed by atoms with Crippen LogP contribution in [0.2, 0.25) is 0 Å². The normalized spacial score (nSPS) is 14.4. The molecule has 0 unspecified atom stereocenters. The van der Waals surface area contributed by atoms with E-state index in [1.165, 1.54) is 35.9 Å². The number of hydrogen-bond acceptors (Lipinski definition) is 9. The maximum Gasteiger partial charge on any atom is 0.412 e. The lowest BCUT2D eigenvalue weighted by molar-refractivity contribution is -0.111. The van der Waals surface area contributed by atoms with Gasteiger partial charge in [-0.1, -0.05) is 12.1 Å². The molecule has 2 amide bonds. The minimum absolute atomic E-state index is 0.198. The van der Waals surface area contributed by atoms with Crippen molar-refractivity contribution in [2.45, 2.75) is 30.6 Å². The molecule has 1 aromatic carbocycles. The SMILES string of the molecule is CN1CCN(c2ncccc2-c2ccc(S(=O)(=O)n3ccc(/C=C/C(=O)Nc4ccccc4NC(=O)OC(C)(C)C)c3)s2)CC1. The molecule has 5 rings (SSSR count). The predicted molar refractivity (Wildman–Crippen MR) is 178 cm³/mol. The molecule has 0 saturated carbocycles. The number of hydrogen-bond donors (Lipinski definition) is 2. The maximum absolute atomic E-state index is 13.5. The molecule has 236 valence electrons. The summed E-state index contributed by atoms with van der Waals surface area (Å²) in [7, 11) is -1.76. The first-order chi connectivity index (χ1) is 21.4. The number of rotatable bonds is 8. The van der Waals surface area contributed by atoms with Gasteiger partial charge in [0.05, 0.1) is 11.4 Å². The van der Waals surface area contributed by atoms with E-state index in [0.29, 0.717) is 16.9 Å². The van der Waals surface area contributed by atoms with Crippen LogP contribution in [0.3, 0.4) is 0 Å². The van der Waals surface area contributed by atoms with Gasteiger partial charge in [-0.15, -0.1) is 11.3 Å². The molecular formula is C32H36N6O5S2. The van der Waals surface area contributed by atoms with Crippen LogP contribution in [-0.4, -0.2) is 73.1 Å². The highest BCUT2D eigenvalue weighted by atomic mass is 32.2. The Balaban J connectivity index is 1.26. The third kappa shape index (κ3) is 7.98. The number of aromatic nitrogens is 2. The molecule has 0 bridgehead atoms. The summed E-state index contributed by atoms with van der Waals surface area (Å²) in [6, 6.07) is 15.6. The summed E-state index contributed by atoms with van der Waals surface area (Å²) in [6.07, 6.45) is 6.83. The molecule has 0 aliphatic carbocycles. The van der Waals surface area contributed by atoms with E-state index in [-0.39, 0.29) is 4.21 Å². The average Bonchev–Trinajstić information content (AvgIpc) is 3.68. The van der Waals surface area contributed by atoms with E-state index in [2.05, 4.69) is 32.5 Å². The van der Waals surface area contributed by atoms with Crippen molar-refractivity contribution in [3.05, 3.63) is 84.8 Å². The highest BCUT2D eigenvalue weighted by Gasteiger charge is 2.23. The van der Waals surface area contributed by atoms with Crippen molar-refractivity contribution in [2.24, 2.45) is 0 Å². The molecule has 4 aromatic rings. The first kappa shape index (κ1) is 31.9. The molecule has 0 spiro atoms. The number of pyridine rings is 1. The van der Waals surface area contributed by atoms with Crippen molar-refractivity contribution in [3.63, 3.8) is 0 Å². The third-order valence-corrected chi connectivity index (χ3v) is 10.1. The molecule has 1 saturated heterocycles. The van der Waals surface area contributed by atoms with Gasteiger partial charge >= 0.3 is 6.09 Å². The van der Waals surface area contributed by atoms with Crippen molar-refractivity contribution in [2.75, 3.05) is 48.8 Å². The lowest BCUT2D eigenvalue weighted by Crippen LogP contribution is -2.45. The van der Waals surface area contributed by atoms with Crippen LogP contribution in [0.4, 0.5) is 22.0 Å². The number of likely N-dealkylation sites (N-methyl/N-ethyl adjacent to an activating group) is 1. The van der Waals surface area contributed by atoms with E-state index in [0.717, 1.165) is 46.4 Å². The summed E-state index contributed by atoms with van der Waals surface area (Å²) in [5.74, 6) is 0.394. The second-order valence-electron chi connectivity index (χ2n) is 11.6. The van der Waals surface area contributed by atoms with E-state index in [4.69, 9.17) is 4.74 Å². The van der Waals surface area contributed by atoms with Crippen LogP contribution in [0.5, 0.6) is 0 Å². The fraction of sp³-hybridized carbons (Fsp3) is 0.281. The number of ether oxygens (including phenoxy) is 1. The standard InChI is InChI=1S/C32H36N6O5S2/c1-32(2,3)43-31(40)35-26-10-6-5-9-25(26)34-28(39)13-11-23-15-17-38(22-23)45(41,42)29-14-12-27(44-29)24-8-7-16-33-30(24)37-20-18-36(4)19-21-37/h5-17,22H,18-21H2,1-4H3,(H,34,39)(H,35,40)/b13-11+. The van der Waals surface area contributed by atoms with Crippen LogP contribution >= 0.6 is 11.3 Å². The van der Waals surface area contributed by atoms with Crippen molar-refractivity contribution >= 4 is 56.6 Å². The van der Waals surface area contributed by atoms with Crippen LogP contribution in [0.15, 0.2) is 83.5 Å². The van der Waals surface area contributed by atoms with Crippen LogP contribution in [0, 0.1) is 0 Å². The molecule has 11 nitrogen and oxygen atoms in total. The van der Waals surface area contributed by atoms with Gasteiger partial charge < -0.3 is 19.9 Å². The van der Waals surface area contributed by atoms with Gasteiger partial charge in [-0.2, -0.15) is 8.42 Å². The van der Waals surface area contributed by atoms with E-state index >= 15 is 0 Å². The van der Waals surface area contributed by atoms with Crippen LogP contribution < -0.4 is 15.5 Å². The summed E-state index contributed by atoms with van der Waals surface area (Å²) < 4.78 is 33.6. The monoisotopic (exact) mass is 648 g/mol. The van der Waals surface area contributed by atoms with Gasteiger partial charge in [0.25, 0.3) is 10.0 Å². The Bertz CT molecular complexity index is 1810. The number of para-hydroxylation sites is 2. The summed E-state index contributed by atoms with van der Waals surface area (Å²) >= 11 is 1.20. The molecule has 4 heterocycles. The lowest BCUT2D eigenvalue weighted by atomic mass is 10.2. The molecule has 3 aromatic heterocycles. The Morgan fingerprint density at radius 2 is 1.67 bits per heavy atom. The number of piperazine rings is 1. The number of nitrogens with one attached hydrogen (secondary N) is 2. The van der Waals surface area contributed by atoms with Crippen molar-refractivity contribution < 1.29 is 22.7 Å². The number of benzene rings is 1. The zero-order valence-corrected chi connectivity index (χ0v) is 27.2. The first-order valence-corrected chi connectivity index (χ1v) is 16.7. The molecule has 0 radical (unpaired) electrons. The molecule has 1 aliphatic rings. The van der Waals surface area contributed by atoms with E-state index in [1.54, 1.807) is 63.4 Å². The summed E-state index contributed by atoms with van der Waals surface area (Å²) in [4.78, 5) is 34.9. The summed E-state index contributed by atoms with van der Waals surface area (Å²) in [5, 5.41) is 5.37. The maximum atomic E-state index is 13.5. The second-order valence-corrected chi connectivity index (χ2v) is 14.7. The zero-order chi connectivity index (χ0) is 32.2. The Labute approximate surface area is 267 Å². The smallest absolute Gasteiger partial charge is 0.412 e. The van der Waals surface area contributed by atoms with Crippen LogP contribution in [0.25, 0.3) is 16.5 Å². The van der Waals surface area contributed by atoms with Gasteiger partial charge in [-0.3, -0.25) is 10.1 Å². The number of carbonyl (C=O) groups is 2. The third-order valence-electron chi connectivity index (χ3n) is 6.91. The van der Waals surface area contributed by atoms with Crippen LogP contribution in [-0.2, 0) is 19.6 Å². The molecule has 1 aliphatic heterocycles. The lowest BCUT2D eigenvalue weighted by Gasteiger charge is -2.34. The van der Waals surface area contributed by atoms with Gasteiger partial charge in [0.2, 0.25) is 5.91 Å². The van der Waals surface area contributed by atoms with Gasteiger partial charge in [-0.05, 0) is 81.9 Å². The Hall–Kier alpha value is -4.46. The molecule has 2 N–H and O–H groups in total. The highest BCUT2D eigenvalue weighted by molar-refractivity contribution is 7.92. The summed E-state index contributed by atoms with van der Waals surface area (Å²) in [6.45, 7) is 8.85. The van der Waals surface area contributed by atoms with Gasteiger partial charge in [0, 0.05) is 61.3 Å². The molecule has 0 atom stereocenters. The van der Waals surface area contributed by atoms with E-state index in [1.807, 2.05) is 18.2 Å². The quantitative estimate of drug-likeness (QED) is 0.237. The van der Waals surface area contributed by atoms with Gasteiger partial charge in [0.15, 0.2) is 0 Å². The first-order valence-electron chi connectivity index (χ1n) is 14.4. The number of anilines is 3. The molecule has 13 heteroatoms. The van der Waals surface area contributed by atoms with Crippen LogP contribution in [0.1, 0.15) is 26.3 Å². The van der Waals surface area contributed by atoms with Crippen molar-refractivity contribution in [1.29, 1.82) is 0 Å². The largest absolute Gasteiger partial charge is 0.444 e. The predicted octanol–water partition coefficient (Wildman–Crippen LogP) is 5.60. The Kier molecular flexibility index (Phi) is 9.42. The number of nitrogens with zero attached hydrogens (tertiary/aromatic N) is 4. The van der Waals surface area contributed by atoms with Gasteiger partial charge in [0.1, 0.15) is 15.6 Å². The molecule has 45 heavy (non-hydrogen) atoms. The number of thiophene rings is 1. The van der Waals surface area contributed by atoms with Crippen molar-refractivity contribution in [1.82, 2.24) is 13.9 Å². The topological polar surface area (TPSA) is 126 Å².